The predicted molar refractivity (Wildman–Crippen MR) is 105 cm³/mol. The van der Waals surface area contributed by atoms with E-state index in [1.165, 1.54) is 44.4 Å². The molecule has 0 aliphatic rings. The van der Waals surface area contributed by atoms with E-state index in [4.69, 9.17) is 14.2 Å². The molecule has 0 heterocycles. The number of hydrogen-bond acceptors (Lipinski definition) is 7. The molecule has 0 saturated heterocycles. The summed E-state index contributed by atoms with van der Waals surface area (Å²) in [4.78, 5) is 35.0. The summed E-state index contributed by atoms with van der Waals surface area (Å²) >= 11 is 0. The van der Waals surface area contributed by atoms with E-state index in [1.807, 2.05) is 13.8 Å². The fourth-order valence-electron chi connectivity index (χ4n) is 2.37. The van der Waals surface area contributed by atoms with Gasteiger partial charge in [0.2, 0.25) is 0 Å². The number of methoxy groups -OCH3 is 1. The first kappa shape index (κ1) is 21.7. The molecule has 2 rings (SSSR count). The highest BCUT2D eigenvalue weighted by Crippen LogP contribution is 2.29. The van der Waals surface area contributed by atoms with Crippen LogP contribution in [0.3, 0.4) is 0 Å². The minimum absolute atomic E-state index is 0.00215. The quantitative estimate of drug-likeness (QED) is 0.407. The summed E-state index contributed by atoms with van der Waals surface area (Å²) in [7, 11) is 1.37. The maximum atomic E-state index is 12.4. The predicted octanol–water partition coefficient (Wildman–Crippen LogP) is 3.57. The summed E-state index contributed by atoms with van der Waals surface area (Å²) in [5, 5.41) is 13.4. The average molecular weight is 402 g/mol. The van der Waals surface area contributed by atoms with Crippen molar-refractivity contribution in [3.8, 4) is 11.5 Å². The third-order valence-corrected chi connectivity index (χ3v) is 3.77. The number of esters is 1. The lowest BCUT2D eigenvalue weighted by molar-refractivity contribution is -0.384. The van der Waals surface area contributed by atoms with Crippen LogP contribution in [-0.2, 0) is 9.53 Å². The molecule has 1 amide bonds. The highest BCUT2D eigenvalue weighted by atomic mass is 16.6. The Morgan fingerprint density at radius 3 is 2.28 bits per heavy atom. The first-order chi connectivity index (χ1) is 13.7. The number of anilines is 1. The molecule has 9 heteroatoms. The van der Waals surface area contributed by atoms with Crippen molar-refractivity contribution < 1.29 is 28.7 Å². The Labute approximate surface area is 167 Å². The van der Waals surface area contributed by atoms with Gasteiger partial charge in [-0.2, -0.15) is 0 Å². The second-order valence-corrected chi connectivity index (χ2v) is 6.37. The van der Waals surface area contributed by atoms with Crippen molar-refractivity contribution >= 4 is 23.3 Å². The number of carbonyl (C=O) groups excluding carboxylic acids is 2. The molecule has 0 aliphatic heterocycles. The van der Waals surface area contributed by atoms with Crippen molar-refractivity contribution in [3.63, 3.8) is 0 Å². The van der Waals surface area contributed by atoms with E-state index < -0.39 is 22.9 Å². The van der Waals surface area contributed by atoms with Gasteiger partial charge in [-0.25, -0.2) is 4.79 Å². The molecule has 0 saturated carbocycles. The second kappa shape index (κ2) is 9.54. The normalized spacial score (nSPS) is 11.5. The Bertz CT molecular complexity index is 894. The Morgan fingerprint density at radius 1 is 1.07 bits per heavy atom. The highest BCUT2D eigenvalue weighted by molar-refractivity contribution is 5.98. The van der Waals surface area contributed by atoms with Crippen molar-refractivity contribution in [2.75, 3.05) is 12.4 Å². The average Bonchev–Trinajstić information content (AvgIpc) is 2.67. The molecule has 1 N–H and O–H groups in total. The van der Waals surface area contributed by atoms with Crippen molar-refractivity contribution in [2.24, 2.45) is 0 Å². The lowest BCUT2D eigenvalue weighted by atomic mass is 10.2. The maximum absolute atomic E-state index is 12.4. The van der Waals surface area contributed by atoms with Crippen LogP contribution in [0.1, 0.15) is 31.1 Å². The van der Waals surface area contributed by atoms with Gasteiger partial charge in [-0.15, -0.1) is 0 Å². The number of carbonyl (C=O) groups is 2. The Balaban J connectivity index is 2.04. The Hall–Kier alpha value is -3.62. The SMILES string of the molecule is COc1ccc([N+](=O)[O-])cc1NC(=O)[C@H](C)OC(=O)c1ccc(OC(C)C)cc1. The standard InChI is InChI=1S/C20H22N2O7/c1-12(2)28-16-8-5-14(6-9-16)20(24)29-13(3)19(23)21-17-11-15(22(25)26)7-10-18(17)27-4/h5-13H,1-4H3,(H,21,23)/t13-/m0/s1. The van der Waals surface area contributed by atoms with Crippen LogP contribution in [0, 0.1) is 10.1 Å². The van der Waals surface area contributed by atoms with E-state index >= 15 is 0 Å². The van der Waals surface area contributed by atoms with Gasteiger partial charge in [0.05, 0.1) is 29.4 Å². The van der Waals surface area contributed by atoms with Crippen molar-refractivity contribution in [3.05, 3.63) is 58.1 Å². The van der Waals surface area contributed by atoms with Gasteiger partial charge < -0.3 is 19.5 Å². The van der Waals surface area contributed by atoms with Gasteiger partial charge in [0, 0.05) is 12.1 Å². The van der Waals surface area contributed by atoms with E-state index in [1.54, 1.807) is 12.1 Å². The van der Waals surface area contributed by atoms with Gasteiger partial charge in [-0.1, -0.05) is 0 Å². The first-order valence-electron chi connectivity index (χ1n) is 8.82. The lowest BCUT2D eigenvalue weighted by Crippen LogP contribution is -2.30. The minimum Gasteiger partial charge on any atom is -0.495 e. The molecule has 0 spiro atoms. The summed E-state index contributed by atoms with van der Waals surface area (Å²) < 4.78 is 15.8. The smallest absolute Gasteiger partial charge is 0.338 e. The molecule has 0 aromatic heterocycles. The second-order valence-electron chi connectivity index (χ2n) is 6.37. The fourth-order valence-corrected chi connectivity index (χ4v) is 2.37. The summed E-state index contributed by atoms with van der Waals surface area (Å²) in [5.41, 5.74) is 0.146. The summed E-state index contributed by atoms with van der Waals surface area (Å²) in [6, 6.07) is 10.1. The number of nitrogens with one attached hydrogen (secondary N) is 1. The van der Waals surface area contributed by atoms with Gasteiger partial charge in [-0.3, -0.25) is 14.9 Å². The van der Waals surface area contributed by atoms with Crippen LogP contribution >= 0.6 is 0 Å². The van der Waals surface area contributed by atoms with E-state index in [-0.39, 0.29) is 28.8 Å². The van der Waals surface area contributed by atoms with Gasteiger partial charge >= 0.3 is 5.97 Å². The number of nitro benzene ring substituents is 1. The topological polar surface area (TPSA) is 117 Å². The number of rotatable bonds is 8. The molecule has 0 bridgehead atoms. The van der Waals surface area contributed by atoms with E-state index in [0.29, 0.717) is 5.75 Å². The van der Waals surface area contributed by atoms with Crippen molar-refractivity contribution in [1.82, 2.24) is 0 Å². The number of hydrogen-bond donors (Lipinski definition) is 1. The Morgan fingerprint density at radius 2 is 1.72 bits per heavy atom. The lowest BCUT2D eigenvalue weighted by Gasteiger charge is -2.15. The molecule has 154 valence electrons. The number of benzene rings is 2. The highest BCUT2D eigenvalue weighted by Gasteiger charge is 2.21. The van der Waals surface area contributed by atoms with E-state index in [2.05, 4.69) is 5.32 Å². The zero-order valence-corrected chi connectivity index (χ0v) is 16.5. The molecule has 9 nitrogen and oxygen atoms in total. The number of nitrogens with zero attached hydrogens (tertiary/aromatic N) is 1. The maximum Gasteiger partial charge on any atom is 0.338 e. The molecule has 2 aromatic carbocycles. The zero-order chi connectivity index (χ0) is 21.6. The number of non-ortho nitro benzene ring substituents is 1. The number of ether oxygens (including phenoxy) is 3. The largest absolute Gasteiger partial charge is 0.495 e. The summed E-state index contributed by atoms with van der Waals surface area (Å²) in [5.74, 6) is -0.491. The molecule has 0 unspecified atom stereocenters. The number of amides is 1. The zero-order valence-electron chi connectivity index (χ0n) is 16.5. The molecule has 0 radical (unpaired) electrons. The molecule has 2 aromatic rings. The molecular weight excluding hydrogens is 380 g/mol. The summed E-state index contributed by atoms with van der Waals surface area (Å²) in [6.07, 6.45) is -1.14. The van der Waals surface area contributed by atoms with Crippen LogP contribution in [0.25, 0.3) is 0 Å². The van der Waals surface area contributed by atoms with Crippen LogP contribution in [0.4, 0.5) is 11.4 Å². The molecule has 1 atom stereocenters. The summed E-state index contributed by atoms with van der Waals surface area (Å²) in [6.45, 7) is 5.17. The van der Waals surface area contributed by atoms with E-state index in [0.717, 1.165) is 0 Å². The molecular formula is C20H22N2O7. The van der Waals surface area contributed by atoms with Gasteiger partial charge in [0.1, 0.15) is 11.5 Å². The van der Waals surface area contributed by atoms with Crippen molar-refractivity contribution in [2.45, 2.75) is 33.0 Å². The molecule has 0 aliphatic carbocycles. The third-order valence-electron chi connectivity index (χ3n) is 3.77. The fraction of sp³-hybridized carbons (Fsp3) is 0.300. The molecule has 29 heavy (non-hydrogen) atoms. The van der Waals surface area contributed by atoms with Crippen LogP contribution in [0.2, 0.25) is 0 Å². The van der Waals surface area contributed by atoms with Gasteiger partial charge in [0.25, 0.3) is 11.6 Å². The first-order valence-corrected chi connectivity index (χ1v) is 8.82. The third kappa shape index (κ3) is 5.93. The van der Waals surface area contributed by atoms with E-state index in [9.17, 15) is 19.7 Å². The van der Waals surface area contributed by atoms with Crippen LogP contribution in [0.15, 0.2) is 42.5 Å². The minimum atomic E-state index is -1.14. The van der Waals surface area contributed by atoms with Crippen LogP contribution in [-0.4, -0.2) is 36.1 Å². The van der Waals surface area contributed by atoms with Gasteiger partial charge in [0.15, 0.2) is 6.10 Å². The monoisotopic (exact) mass is 402 g/mol. The number of nitro groups is 1. The Kier molecular flexibility index (Phi) is 7.13. The van der Waals surface area contributed by atoms with Crippen LogP contribution in [0.5, 0.6) is 11.5 Å². The molecule has 0 fully saturated rings. The van der Waals surface area contributed by atoms with Crippen LogP contribution < -0.4 is 14.8 Å². The van der Waals surface area contributed by atoms with Gasteiger partial charge in [-0.05, 0) is 51.1 Å². The van der Waals surface area contributed by atoms with Crippen molar-refractivity contribution in [1.29, 1.82) is 0 Å².